The summed E-state index contributed by atoms with van der Waals surface area (Å²) in [5, 5.41) is 0. The summed E-state index contributed by atoms with van der Waals surface area (Å²) in [6, 6.07) is 11.0. The molecule has 0 aliphatic carbocycles. The Morgan fingerprint density at radius 1 is 1.00 bits per heavy atom. The molecule has 0 N–H and O–H groups in total. The second-order valence-electron chi connectivity index (χ2n) is 10.5. The average molecular weight is 619 g/mol. The van der Waals surface area contributed by atoms with Crippen molar-refractivity contribution in [2.24, 2.45) is 4.99 Å². The fourth-order valence-corrected chi connectivity index (χ4v) is 5.20. The Morgan fingerprint density at radius 2 is 1.82 bits per heavy atom. The number of hydrogen-bond acceptors (Lipinski definition) is 7. The van der Waals surface area contributed by atoms with Crippen LogP contribution in [-0.2, 0) is 30.8 Å². The van der Waals surface area contributed by atoms with Gasteiger partial charge in [-0.05, 0) is 49.2 Å². The van der Waals surface area contributed by atoms with Gasteiger partial charge in [-0.15, -0.1) is 0 Å². The number of amides is 1. The number of carbonyl (C=O) groups is 1. The molecule has 11 nitrogen and oxygen atoms in total. The van der Waals surface area contributed by atoms with Gasteiger partial charge < -0.3 is 9.30 Å². The van der Waals surface area contributed by atoms with E-state index in [4.69, 9.17) is 4.74 Å². The minimum Gasteiger partial charge on any atom is -0.383 e. The maximum absolute atomic E-state index is 14.0. The average Bonchev–Trinajstić information content (AvgIpc) is 3.49. The van der Waals surface area contributed by atoms with Gasteiger partial charge >= 0.3 is 5.69 Å². The number of aliphatic imine (C=N–C) groups is 1. The lowest BCUT2D eigenvalue weighted by atomic mass is 10.1. The van der Waals surface area contributed by atoms with Gasteiger partial charge in [0.15, 0.2) is 11.6 Å². The summed E-state index contributed by atoms with van der Waals surface area (Å²) in [6.45, 7) is 3.09. The smallest absolute Gasteiger partial charge is 0.332 e. The molecule has 0 saturated heterocycles. The normalized spacial score (nSPS) is 12.2. The Kier molecular flexibility index (Phi) is 9.57. The van der Waals surface area contributed by atoms with E-state index in [-0.39, 0.29) is 43.1 Å². The monoisotopic (exact) mass is 618 g/mol. The number of rotatable bonds is 12. The number of nitrogens with zero attached hydrogens (tertiary/aromatic N) is 6. The van der Waals surface area contributed by atoms with Crippen LogP contribution in [0.1, 0.15) is 41.3 Å². The molecule has 1 aromatic carbocycles. The topological polar surface area (TPSA) is 121 Å². The van der Waals surface area contributed by atoms with Crippen LogP contribution in [0.2, 0.25) is 0 Å². The molecule has 0 spiro atoms. The highest BCUT2D eigenvalue weighted by molar-refractivity contribution is 6.07. The van der Waals surface area contributed by atoms with Crippen LogP contribution in [0.25, 0.3) is 0 Å². The summed E-state index contributed by atoms with van der Waals surface area (Å²) in [6.07, 6.45) is 4.38. The number of fused-ring (bicyclic) bond motifs is 1. The second-order valence-corrected chi connectivity index (χ2v) is 10.5. The van der Waals surface area contributed by atoms with E-state index < -0.39 is 28.8 Å². The lowest BCUT2D eigenvalue weighted by Crippen LogP contribution is -2.42. The van der Waals surface area contributed by atoms with Gasteiger partial charge in [-0.25, -0.2) is 23.6 Å². The zero-order chi connectivity index (χ0) is 32.1. The van der Waals surface area contributed by atoms with Crippen molar-refractivity contribution in [3.63, 3.8) is 0 Å². The number of benzene rings is 1. The molecule has 1 amide bonds. The Morgan fingerprint density at radius 3 is 2.51 bits per heavy atom. The fraction of sp³-hybridized carbons (Fsp3) is 0.312. The third-order valence-electron chi connectivity index (χ3n) is 7.49. The molecule has 3 aromatic heterocycles. The van der Waals surface area contributed by atoms with Gasteiger partial charge in [0.2, 0.25) is 5.56 Å². The van der Waals surface area contributed by atoms with Gasteiger partial charge in [0.05, 0.1) is 24.4 Å². The highest BCUT2D eigenvalue weighted by Crippen LogP contribution is 2.26. The SMILES string of the molecule is CCCn1c2c(c(=O)n(CCOC)c1=O)CC(c1ccc(N(CCCn3ccccc3=O)C(=O)c3ccc(F)c(F)c3)nc1)=N2. The summed E-state index contributed by atoms with van der Waals surface area (Å²) >= 11 is 0. The number of methoxy groups -OCH3 is 1. The highest BCUT2D eigenvalue weighted by Gasteiger charge is 2.27. The molecule has 45 heavy (non-hydrogen) atoms. The van der Waals surface area contributed by atoms with Crippen LogP contribution in [0.5, 0.6) is 0 Å². The maximum Gasteiger partial charge on any atom is 0.332 e. The molecule has 0 atom stereocenters. The van der Waals surface area contributed by atoms with E-state index in [0.717, 1.165) is 12.1 Å². The number of hydrogen-bond donors (Lipinski definition) is 0. The third kappa shape index (κ3) is 6.58. The molecule has 4 heterocycles. The predicted octanol–water partition coefficient (Wildman–Crippen LogP) is 3.32. The molecule has 1 aliphatic rings. The molecule has 5 rings (SSSR count). The van der Waals surface area contributed by atoms with Crippen molar-refractivity contribution in [2.45, 2.75) is 45.8 Å². The first kappa shape index (κ1) is 31.4. The zero-order valence-corrected chi connectivity index (χ0v) is 24.9. The molecule has 234 valence electrons. The van der Waals surface area contributed by atoms with E-state index >= 15 is 0 Å². The van der Waals surface area contributed by atoms with Gasteiger partial charge in [0, 0.05) is 62.8 Å². The molecule has 0 radical (unpaired) electrons. The van der Waals surface area contributed by atoms with Crippen LogP contribution >= 0.6 is 0 Å². The van der Waals surface area contributed by atoms with Crippen LogP contribution in [0.3, 0.4) is 0 Å². The van der Waals surface area contributed by atoms with Crippen molar-refractivity contribution in [2.75, 3.05) is 25.2 Å². The zero-order valence-electron chi connectivity index (χ0n) is 24.9. The summed E-state index contributed by atoms with van der Waals surface area (Å²) < 4.78 is 36.9. The second kappa shape index (κ2) is 13.7. The van der Waals surface area contributed by atoms with Gasteiger partial charge in [-0.2, -0.15) is 0 Å². The van der Waals surface area contributed by atoms with E-state index in [1.807, 2.05) is 6.92 Å². The van der Waals surface area contributed by atoms with E-state index in [9.17, 15) is 28.0 Å². The Balaban J connectivity index is 1.44. The minimum absolute atomic E-state index is 0.0640. The van der Waals surface area contributed by atoms with E-state index in [2.05, 4.69) is 9.98 Å². The predicted molar refractivity (Wildman–Crippen MR) is 165 cm³/mol. The van der Waals surface area contributed by atoms with Crippen LogP contribution in [0.15, 0.2) is 80.3 Å². The number of anilines is 1. The molecule has 0 unspecified atom stereocenters. The molecule has 0 saturated carbocycles. The molecule has 0 bridgehead atoms. The fourth-order valence-electron chi connectivity index (χ4n) is 5.20. The van der Waals surface area contributed by atoms with Gasteiger partial charge in [-0.3, -0.25) is 28.4 Å². The Hall–Kier alpha value is -5.04. The van der Waals surface area contributed by atoms with Crippen LogP contribution in [0.4, 0.5) is 20.4 Å². The van der Waals surface area contributed by atoms with Gasteiger partial charge in [0.1, 0.15) is 11.6 Å². The number of pyridine rings is 2. The minimum atomic E-state index is -1.15. The quantitative estimate of drug-likeness (QED) is 0.240. The van der Waals surface area contributed by atoms with Crippen LogP contribution in [0, 0.1) is 11.6 Å². The number of aryl methyl sites for hydroxylation is 1. The first-order chi connectivity index (χ1) is 21.7. The number of aromatic nitrogens is 4. The summed E-state index contributed by atoms with van der Waals surface area (Å²) in [4.78, 5) is 62.5. The number of carbonyl (C=O) groups excluding carboxylic acids is 1. The molecule has 0 fully saturated rings. The van der Waals surface area contributed by atoms with Crippen molar-refractivity contribution in [3.8, 4) is 0 Å². The first-order valence-electron chi connectivity index (χ1n) is 14.5. The van der Waals surface area contributed by atoms with Crippen molar-refractivity contribution in [1.82, 2.24) is 18.7 Å². The van der Waals surface area contributed by atoms with E-state index in [0.29, 0.717) is 48.6 Å². The molecular weight excluding hydrogens is 586 g/mol. The van der Waals surface area contributed by atoms with Crippen LogP contribution in [-0.4, -0.2) is 50.6 Å². The van der Waals surface area contributed by atoms with Crippen molar-refractivity contribution >= 4 is 23.3 Å². The van der Waals surface area contributed by atoms with Crippen LogP contribution < -0.4 is 21.7 Å². The molecule has 4 aromatic rings. The van der Waals surface area contributed by atoms with Gasteiger partial charge in [-0.1, -0.05) is 13.0 Å². The van der Waals surface area contributed by atoms with Crippen molar-refractivity contribution in [1.29, 1.82) is 0 Å². The largest absolute Gasteiger partial charge is 0.383 e. The lowest BCUT2D eigenvalue weighted by Gasteiger charge is -2.22. The molecular formula is C32H32F2N6O5. The highest BCUT2D eigenvalue weighted by atomic mass is 19.2. The standard InChI is InChI=1S/C32H32F2N6O5/c1-3-12-39-29-23(31(43)40(32(39)44)16-17-45-2)19-26(36-29)22-9-11-27(35-20-22)38(15-6-14-37-13-5-4-7-28(37)41)30(42)21-8-10-24(33)25(34)18-21/h4-5,7-11,13,18,20H,3,6,12,14-17,19H2,1-2H3. The Bertz CT molecular complexity index is 1930. The molecule has 1 aliphatic heterocycles. The maximum atomic E-state index is 14.0. The Labute approximate surface area is 256 Å². The van der Waals surface area contributed by atoms with Gasteiger partial charge in [0.25, 0.3) is 11.5 Å². The van der Waals surface area contributed by atoms with E-state index in [1.165, 1.54) is 44.0 Å². The van der Waals surface area contributed by atoms with Crippen molar-refractivity contribution in [3.05, 3.63) is 120 Å². The third-order valence-corrected chi connectivity index (χ3v) is 7.49. The van der Waals surface area contributed by atoms with Crippen molar-refractivity contribution < 1.29 is 18.3 Å². The molecule has 13 heteroatoms. The summed E-state index contributed by atoms with van der Waals surface area (Å²) in [7, 11) is 1.50. The first-order valence-corrected chi connectivity index (χ1v) is 14.5. The summed E-state index contributed by atoms with van der Waals surface area (Å²) in [5.41, 5.74) is 0.423. The van der Waals surface area contributed by atoms with E-state index in [1.54, 1.807) is 30.5 Å². The summed E-state index contributed by atoms with van der Waals surface area (Å²) in [5.74, 6) is -2.25. The number of ether oxygens (including phenoxy) is 1. The number of halogens is 2. The lowest BCUT2D eigenvalue weighted by molar-refractivity contribution is 0.0985.